The molecule has 0 aromatic carbocycles. The van der Waals surface area contributed by atoms with Crippen molar-refractivity contribution in [1.29, 1.82) is 0 Å². The Morgan fingerprint density at radius 3 is 3.05 bits per heavy atom. The fourth-order valence-electron chi connectivity index (χ4n) is 3.67. The lowest BCUT2D eigenvalue weighted by Crippen LogP contribution is -2.44. The summed E-state index contributed by atoms with van der Waals surface area (Å²) in [7, 11) is 0. The van der Waals surface area contributed by atoms with Crippen molar-refractivity contribution in [2.45, 2.75) is 50.7 Å². The smallest absolute Gasteiger partial charge is 0.0992 e. The molecule has 1 N–H and O–H groups in total. The Morgan fingerprint density at radius 2 is 2.29 bits per heavy atom. The number of aromatic nitrogens is 1. The Labute approximate surface area is 131 Å². The van der Waals surface area contributed by atoms with E-state index in [1.165, 1.54) is 17.1 Å². The van der Waals surface area contributed by atoms with Crippen LogP contribution in [0.1, 0.15) is 50.0 Å². The largest absolute Gasteiger partial charge is 0.387 e. The molecular formula is C17H25NO2S. The summed E-state index contributed by atoms with van der Waals surface area (Å²) in [6.45, 7) is 2.90. The summed E-state index contributed by atoms with van der Waals surface area (Å²) < 4.78 is 6.13. The topological polar surface area (TPSA) is 42.4 Å². The fourth-order valence-corrected chi connectivity index (χ4v) is 4.90. The van der Waals surface area contributed by atoms with Crippen molar-refractivity contribution < 1.29 is 9.84 Å². The molecule has 2 aliphatic rings. The lowest BCUT2D eigenvalue weighted by atomic mass is 9.78. The van der Waals surface area contributed by atoms with Gasteiger partial charge in [0.2, 0.25) is 0 Å². The van der Waals surface area contributed by atoms with Crippen molar-refractivity contribution >= 4 is 11.8 Å². The number of thioether (sulfide) groups is 1. The monoisotopic (exact) mass is 307 g/mol. The molecule has 0 amide bonds. The molecule has 2 saturated heterocycles. The minimum Gasteiger partial charge on any atom is -0.387 e. The van der Waals surface area contributed by atoms with Crippen molar-refractivity contribution in [2.24, 2.45) is 5.92 Å². The first-order valence-electron chi connectivity index (χ1n) is 8.08. The van der Waals surface area contributed by atoms with Crippen LogP contribution < -0.4 is 0 Å². The number of hydrogen-bond acceptors (Lipinski definition) is 4. The molecule has 116 valence electrons. The van der Waals surface area contributed by atoms with E-state index in [4.69, 9.17) is 4.74 Å². The lowest BCUT2D eigenvalue weighted by Gasteiger charge is -2.44. The van der Waals surface area contributed by atoms with Crippen LogP contribution in [0.2, 0.25) is 0 Å². The van der Waals surface area contributed by atoms with Crippen LogP contribution in [0, 0.1) is 5.92 Å². The maximum absolute atomic E-state index is 10.8. The van der Waals surface area contributed by atoms with E-state index in [2.05, 4.69) is 18.0 Å². The summed E-state index contributed by atoms with van der Waals surface area (Å²) in [5, 5.41) is 10.8. The normalized spacial score (nSPS) is 26.7. The molecular weight excluding hydrogens is 282 g/mol. The summed E-state index contributed by atoms with van der Waals surface area (Å²) in [6.07, 6.45) is 6.45. The maximum atomic E-state index is 10.8. The summed E-state index contributed by atoms with van der Waals surface area (Å²) in [6, 6.07) is 4.04. The molecule has 1 aromatic heterocycles. The number of hydrogen-bond donors (Lipinski definition) is 1. The van der Waals surface area contributed by atoms with Gasteiger partial charge in [-0.25, -0.2) is 0 Å². The van der Waals surface area contributed by atoms with Gasteiger partial charge in [0.05, 0.1) is 17.4 Å². The molecule has 0 radical (unpaired) electrons. The van der Waals surface area contributed by atoms with Crippen LogP contribution in [0.4, 0.5) is 0 Å². The van der Waals surface area contributed by atoms with Gasteiger partial charge in [0.1, 0.15) is 0 Å². The number of ether oxygens (including phenoxy) is 1. The van der Waals surface area contributed by atoms with Crippen LogP contribution in [-0.2, 0) is 11.2 Å². The second-order valence-corrected chi connectivity index (χ2v) is 7.47. The predicted molar refractivity (Wildman–Crippen MR) is 86.5 cm³/mol. The van der Waals surface area contributed by atoms with Gasteiger partial charge in [-0.15, -0.1) is 0 Å². The predicted octanol–water partition coefficient (Wildman–Crippen LogP) is 3.37. The molecule has 0 aliphatic carbocycles. The molecule has 3 rings (SSSR count). The molecule has 2 fully saturated rings. The van der Waals surface area contributed by atoms with Crippen molar-refractivity contribution in [3.63, 3.8) is 0 Å². The van der Waals surface area contributed by atoms with E-state index < -0.39 is 6.10 Å². The quantitative estimate of drug-likeness (QED) is 0.929. The Balaban J connectivity index is 1.76. The van der Waals surface area contributed by atoms with E-state index in [-0.39, 0.29) is 11.5 Å². The molecule has 21 heavy (non-hydrogen) atoms. The number of aryl methyl sites for hydroxylation is 1. The van der Waals surface area contributed by atoms with Crippen molar-refractivity contribution in [3.8, 4) is 0 Å². The Bertz CT molecular complexity index is 468. The molecule has 3 heterocycles. The van der Waals surface area contributed by atoms with Crippen LogP contribution >= 0.6 is 11.8 Å². The van der Waals surface area contributed by atoms with E-state index in [9.17, 15) is 5.11 Å². The first kappa shape index (κ1) is 15.3. The summed E-state index contributed by atoms with van der Waals surface area (Å²) in [5.41, 5.74) is 2.08. The summed E-state index contributed by atoms with van der Waals surface area (Å²) >= 11 is 2.02. The van der Waals surface area contributed by atoms with Gasteiger partial charge < -0.3 is 9.84 Å². The fraction of sp³-hybridized carbons (Fsp3) is 0.706. The summed E-state index contributed by atoms with van der Waals surface area (Å²) in [4.78, 5) is 4.46. The second kappa shape index (κ2) is 6.67. The average molecular weight is 307 g/mol. The molecule has 2 unspecified atom stereocenters. The molecule has 0 bridgehead atoms. The van der Waals surface area contributed by atoms with Crippen molar-refractivity contribution in [3.05, 3.63) is 29.6 Å². The van der Waals surface area contributed by atoms with Gasteiger partial charge in [-0.2, -0.15) is 11.8 Å². The number of nitrogens with zero attached hydrogens (tertiary/aromatic N) is 1. The second-order valence-electron chi connectivity index (χ2n) is 6.24. The maximum Gasteiger partial charge on any atom is 0.0992 e. The number of rotatable bonds is 3. The zero-order valence-electron chi connectivity index (χ0n) is 12.8. The zero-order valence-corrected chi connectivity index (χ0v) is 13.6. The van der Waals surface area contributed by atoms with Crippen LogP contribution in [-0.4, -0.2) is 33.8 Å². The Hall–Kier alpha value is -0.580. The molecule has 1 spiro atoms. The first-order valence-corrected chi connectivity index (χ1v) is 9.23. The highest BCUT2D eigenvalue weighted by Crippen LogP contribution is 2.43. The van der Waals surface area contributed by atoms with Gasteiger partial charge in [-0.3, -0.25) is 4.98 Å². The third kappa shape index (κ3) is 3.27. The molecule has 3 nitrogen and oxygen atoms in total. The van der Waals surface area contributed by atoms with Crippen LogP contribution in [0.15, 0.2) is 18.3 Å². The highest BCUT2D eigenvalue weighted by Gasteiger charge is 2.41. The minimum absolute atomic E-state index is 0.0241. The van der Waals surface area contributed by atoms with Gasteiger partial charge in [0.15, 0.2) is 0 Å². The molecule has 1 aromatic rings. The van der Waals surface area contributed by atoms with Crippen molar-refractivity contribution in [2.75, 3.05) is 18.1 Å². The highest BCUT2D eigenvalue weighted by atomic mass is 32.2. The van der Waals surface area contributed by atoms with E-state index in [0.29, 0.717) is 0 Å². The van der Waals surface area contributed by atoms with E-state index in [0.717, 1.165) is 44.4 Å². The molecule has 0 saturated carbocycles. The number of aliphatic hydroxyl groups is 1. The zero-order chi connectivity index (χ0) is 14.7. The van der Waals surface area contributed by atoms with Crippen molar-refractivity contribution in [1.82, 2.24) is 4.98 Å². The van der Waals surface area contributed by atoms with E-state index in [1.807, 2.05) is 17.8 Å². The van der Waals surface area contributed by atoms with Gasteiger partial charge in [0, 0.05) is 12.8 Å². The lowest BCUT2D eigenvalue weighted by molar-refractivity contribution is -0.121. The number of pyridine rings is 1. The van der Waals surface area contributed by atoms with E-state index >= 15 is 0 Å². The molecule has 4 heteroatoms. The minimum atomic E-state index is -0.448. The van der Waals surface area contributed by atoms with Crippen LogP contribution in [0.3, 0.4) is 0 Å². The Kier molecular flexibility index (Phi) is 4.87. The third-order valence-corrected chi connectivity index (χ3v) is 5.95. The van der Waals surface area contributed by atoms with E-state index in [1.54, 1.807) is 6.20 Å². The third-order valence-electron chi connectivity index (χ3n) is 4.97. The number of aliphatic hydroxyl groups excluding tert-OH is 1. The van der Waals surface area contributed by atoms with Gasteiger partial charge >= 0.3 is 0 Å². The van der Waals surface area contributed by atoms with Gasteiger partial charge in [-0.05, 0) is 61.2 Å². The van der Waals surface area contributed by atoms with Gasteiger partial charge in [0.25, 0.3) is 0 Å². The Morgan fingerprint density at radius 1 is 1.48 bits per heavy atom. The molecule has 2 atom stereocenters. The van der Waals surface area contributed by atoms with Crippen LogP contribution in [0.25, 0.3) is 0 Å². The average Bonchev–Trinajstić information content (AvgIpc) is 2.55. The first-order chi connectivity index (χ1) is 10.2. The SMILES string of the molecule is CCc1cccnc1C(O)C1CCOC2(CCSCC2)C1. The highest BCUT2D eigenvalue weighted by molar-refractivity contribution is 7.99. The standard InChI is InChI=1S/C17H25NO2S/c1-2-13-4-3-8-18-15(13)16(19)14-5-9-20-17(12-14)6-10-21-11-7-17/h3-4,8,14,16,19H,2,5-7,9-12H2,1H3. The summed E-state index contributed by atoms with van der Waals surface area (Å²) in [5.74, 6) is 2.65. The molecule has 2 aliphatic heterocycles. The van der Waals surface area contributed by atoms with Crippen LogP contribution in [0.5, 0.6) is 0 Å². The van der Waals surface area contributed by atoms with Gasteiger partial charge in [-0.1, -0.05) is 13.0 Å².